The van der Waals surface area contributed by atoms with E-state index in [0.29, 0.717) is 12.5 Å². The van der Waals surface area contributed by atoms with Crippen LogP contribution in [0.5, 0.6) is 0 Å². The standard InChI is InChI=1S/C17H27N7O2/c1-26-7-6-24-15(20-21-16(24)11-8-12(18)9-11)10-23-4-2-13-14(3-5-23)19-22-17(13)25/h11-12H,2-10,18H2,1H3,(H2,19,22,25). The van der Waals surface area contributed by atoms with E-state index >= 15 is 0 Å². The normalized spacial score (nSPS) is 23.5. The molecule has 2 aromatic rings. The molecule has 9 nitrogen and oxygen atoms in total. The van der Waals surface area contributed by atoms with Crippen LogP contribution in [0.4, 0.5) is 0 Å². The van der Waals surface area contributed by atoms with E-state index in [1.807, 2.05) is 0 Å². The number of fused-ring (bicyclic) bond motifs is 1. The highest BCUT2D eigenvalue weighted by Gasteiger charge is 2.32. The van der Waals surface area contributed by atoms with Gasteiger partial charge in [0, 0.05) is 56.4 Å². The van der Waals surface area contributed by atoms with Crippen molar-refractivity contribution in [2.45, 2.75) is 50.7 Å². The highest BCUT2D eigenvalue weighted by molar-refractivity contribution is 5.19. The Morgan fingerprint density at radius 1 is 1.23 bits per heavy atom. The van der Waals surface area contributed by atoms with Crippen LogP contribution < -0.4 is 11.3 Å². The van der Waals surface area contributed by atoms with E-state index < -0.39 is 0 Å². The smallest absolute Gasteiger partial charge is 0.267 e. The zero-order chi connectivity index (χ0) is 18.1. The summed E-state index contributed by atoms with van der Waals surface area (Å²) in [6.07, 6.45) is 3.55. The second-order valence-corrected chi connectivity index (χ2v) is 7.36. The molecular weight excluding hydrogens is 334 g/mol. The number of aromatic nitrogens is 5. The Balaban J connectivity index is 1.48. The molecule has 26 heavy (non-hydrogen) atoms. The fraction of sp³-hybridized carbons (Fsp3) is 0.706. The SMILES string of the molecule is COCCn1c(CN2CCc3[nH][nH]c(=O)c3CC2)nnc1C1CC(N)C1. The molecule has 0 unspecified atom stereocenters. The third-order valence-corrected chi connectivity index (χ3v) is 5.60. The minimum Gasteiger partial charge on any atom is -0.383 e. The van der Waals surface area contributed by atoms with Crippen LogP contribution in [0, 0.1) is 0 Å². The predicted octanol–water partition coefficient (Wildman–Crippen LogP) is -0.254. The number of aromatic amines is 2. The highest BCUT2D eigenvalue weighted by Crippen LogP contribution is 2.35. The molecule has 0 atom stereocenters. The summed E-state index contributed by atoms with van der Waals surface area (Å²) >= 11 is 0. The number of nitrogens with one attached hydrogen (secondary N) is 2. The van der Waals surface area contributed by atoms with Crippen LogP contribution in [0.3, 0.4) is 0 Å². The fourth-order valence-corrected chi connectivity index (χ4v) is 3.97. The Morgan fingerprint density at radius 2 is 2.04 bits per heavy atom. The molecule has 0 aromatic carbocycles. The molecule has 1 fully saturated rings. The number of H-pyrrole nitrogens is 2. The lowest BCUT2D eigenvalue weighted by Crippen LogP contribution is -2.36. The molecule has 0 amide bonds. The molecule has 4 rings (SSSR count). The van der Waals surface area contributed by atoms with E-state index in [9.17, 15) is 4.79 Å². The quantitative estimate of drug-likeness (QED) is 0.653. The van der Waals surface area contributed by atoms with Crippen LogP contribution in [0.1, 0.15) is 41.7 Å². The van der Waals surface area contributed by atoms with Crippen LogP contribution in [-0.2, 0) is 30.7 Å². The number of nitrogens with two attached hydrogens (primary N) is 1. The molecule has 3 heterocycles. The van der Waals surface area contributed by atoms with Gasteiger partial charge >= 0.3 is 0 Å². The minimum absolute atomic E-state index is 0.00807. The first-order valence-corrected chi connectivity index (χ1v) is 9.33. The summed E-state index contributed by atoms with van der Waals surface area (Å²) in [5.41, 5.74) is 7.88. The lowest BCUT2D eigenvalue weighted by atomic mass is 9.80. The zero-order valence-electron chi connectivity index (χ0n) is 15.2. The third kappa shape index (κ3) is 3.34. The first kappa shape index (κ1) is 17.4. The Labute approximate surface area is 151 Å². The minimum atomic E-state index is 0.00807. The number of ether oxygens (including phenoxy) is 1. The number of hydrogen-bond acceptors (Lipinski definition) is 6. The van der Waals surface area contributed by atoms with E-state index in [2.05, 4.69) is 29.9 Å². The van der Waals surface area contributed by atoms with Crippen molar-refractivity contribution in [2.75, 3.05) is 26.8 Å². The van der Waals surface area contributed by atoms with Gasteiger partial charge in [-0.15, -0.1) is 10.2 Å². The van der Waals surface area contributed by atoms with Crippen molar-refractivity contribution in [2.24, 2.45) is 5.73 Å². The molecule has 0 spiro atoms. The van der Waals surface area contributed by atoms with Crippen molar-refractivity contribution in [3.63, 3.8) is 0 Å². The van der Waals surface area contributed by atoms with Crippen molar-refractivity contribution >= 4 is 0 Å². The molecule has 2 aromatic heterocycles. The van der Waals surface area contributed by atoms with Gasteiger partial charge in [0.05, 0.1) is 13.2 Å². The lowest BCUT2D eigenvalue weighted by molar-refractivity contribution is 0.180. The molecule has 0 bridgehead atoms. The number of hydrogen-bond donors (Lipinski definition) is 3. The van der Waals surface area contributed by atoms with Crippen LogP contribution in [0.15, 0.2) is 4.79 Å². The van der Waals surface area contributed by atoms with Gasteiger partial charge in [-0.3, -0.25) is 14.8 Å². The molecule has 4 N–H and O–H groups in total. The van der Waals surface area contributed by atoms with Gasteiger partial charge in [-0.2, -0.15) is 0 Å². The molecule has 142 valence electrons. The van der Waals surface area contributed by atoms with Gasteiger partial charge in [0.1, 0.15) is 11.6 Å². The van der Waals surface area contributed by atoms with Crippen molar-refractivity contribution in [3.8, 4) is 0 Å². The number of rotatable bonds is 6. The van der Waals surface area contributed by atoms with Crippen molar-refractivity contribution in [3.05, 3.63) is 33.3 Å². The second-order valence-electron chi connectivity index (χ2n) is 7.36. The largest absolute Gasteiger partial charge is 0.383 e. The Bertz CT molecular complexity index is 802. The summed E-state index contributed by atoms with van der Waals surface area (Å²) < 4.78 is 7.48. The van der Waals surface area contributed by atoms with Gasteiger partial charge < -0.3 is 20.1 Å². The molecule has 1 saturated carbocycles. The Hall–Kier alpha value is -1.97. The molecular formula is C17H27N7O2. The summed E-state index contributed by atoms with van der Waals surface area (Å²) in [5, 5.41) is 14.6. The summed E-state index contributed by atoms with van der Waals surface area (Å²) in [6.45, 7) is 3.86. The summed E-state index contributed by atoms with van der Waals surface area (Å²) in [5.74, 6) is 2.41. The first-order chi connectivity index (χ1) is 12.7. The maximum absolute atomic E-state index is 11.8. The summed E-state index contributed by atoms with van der Waals surface area (Å²) in [7, 11) is 1.71. The molecule has 0 saturated heterocycles. The third-order valence-electron chi connectivity index (χ3n) is 5.60. The maximum atomic E-state index is 11.8. The average molecular weight is 361 g/mol. The van der Waals surface area contributed by atoms with Gasteiger partial charge in [0.15, 0.2) is 0 Å². The van der Waals surface area contributed by atoms with Crippen LogP contribution in [-0.4, -0.2) is 62.7 Å². The zero-order valence-corrected chi connectivity index (χ0v) is 15.2. The van der Waals surface area contributed by atoms with Gasteiger partial charge in [-0.05, 0) is 19.3 Å². The fourth-order valence-electron chi connectivity index (χ4n) is 3.97. The monoisotopic (exact) mass is 361 g/mol. The highest BCUT2D eigenvalue weighted by atomic mass is 16.5. The van der Waals surface area contributed by atoms with Crippen LogP contribution >= 0.6 is 0 Å². The van der Waals surface area contributed by atoms with E-state index in [0.717, 1.165) is 74.8 Å². The second kappa shape index (κ2) is 7.34. The van der Waals surface area contributed by atoms with Gasteiger partial charge in [0.25, 0.3) is 5.56 Å². The first-order valence-electron chi connectivity index (χ1n) is 9.33. The van der Waals surface area contributed by atoms with Crippen molar-refractivity contribution < 1.29 is 4.74 Å². The maximum Gasteiger partial charge on any atom is 0.267 e. The van der Waals surface area contributed by atoms with Crippen molar-refractivity contribution in [1.82, 2.24) is 29.9 Å². The topological polar surface area (TPSA) is 118 Å². The Morgan fingerprint density at radius 3 is 2.81 bits per heavy atom. The summed E-state index contributed by atoms with van der Waals surface area (Å²) in [4.78, 5) is 14.2. The predicted molar refractivity (Wildman–Crippen MR) is 95.9 cm³/mol. The molecule has 9 heteroatoms. The van der Waals surface area contributed by atoms with Crippen LogP contribution in [0.2, 0.25) is 0 Å². The Kier molecular flexibility index (Phi) is 4.92. The van der Waals surface area contributed by atoms with E-state index in [-0.39, 0.29) is 11.6 Å². The van der Waals surface area contributed by atoms with Crippen LogP contribution in [0.25, 0.3) is 0 Å². The van der Waals surface area contributed by atoms with Gasteiger partial charge in [-0.1, -0.05) is 0 Å². The number of nitrogens with zero attached hydrogens (tertiary/aromatic N) is 4. The molecule has 1 aliphatic carbocycles. The lowest BCUT2D eigenvalue weighted by Gasteiger charge is -2.32. The van der Waals surface area contributed by atoms with Crippen molar-refractivity contribution in [1.29, 1.82) is 0 Å². The van der Waals surface area contributed by atoms with E-state index in [1.165, 1.54) is 0 Å². The van der Waals surface area contributed by atoms with E-state index in [4.69, 9.17) is 10.5 Å². The van der Waals surface area contributed by atoms with E-state index in [1.54, 1.807) is 7.11 Å². The number of methoxy groups -OCH3 is 1. The summed E-state index contributed by atoms with van der Waals surface area (Å²) in [6, 6.07) is 0.286. The average Bonchev–Trinajstić information content (AvgIpc) is 3.08. The molecule has 2 aliphatic rings. The van der Waals surface area contributed by atoms with Gasteiger partial charge in [0.2, 0.25) is 0 Å². The molecule has 0 radical (unpaired) electrons. The van der Waals surface area contributed by atoms with Gasteiger partial charge in [-0.25, -0.2) is 0 Å². The molecule has 1 aliphatic heterocycles.